The normalized spacial score (nSPS) is 22.6. The van der Waals surface area contributed by atoms with Crippen molar-refractivity contribution in [3.05, 3.63) is 48.0 Å². The van der Waals surface area contributed by atoms with E-state index in [1.54, 1.807) is 0 Å². The van der Waals surface area contributed by atoms with E-state index >= 15 is 0 Å². The van der Waals surface area contributed by atoms with Gasteiger partial charge >= 0.3 is 0 Å². The topological polar surface area (TPSA) is 3.24 Å². The number of hydrogen-bond acceptors (Lipinski definition) is 1. The van der Waals surface area contributed by atoms with Crippen LogP contribution in [0.15, 0.2) is 42.5 Å². The molecule has 0 fully saturated rings. The van der Waals surface area contributed by atoms with Gasteiger partial charge in [-0.3, -0.25) is 4.90 Å². The Morgan fingerprint density at radius 3 is 2.76 bits per heavy atom. The van der Waals surface area contributed by atoms with Crippen molar-refractivity contribution in [3.63, 3.8) is 0 Å². The third-order valence-electron chi connectivity index (χ3n) is 3.70. The summed E-state index contributed by atoms with van der Waals surface area (Å²) >= 11 is 0. The third-order valence-corrected chi connectivity index (χ3v) is 3.70. The maximum Gasteiger partial charge on any atom is 0.0325 e. The zero-order chi connectivity index (χ0) is 12.1. The van der Waals surface area contributed by atoms with Crippen molar-refractivity contribution in [2.45, 2.75) is 45.2 Å². The summed E-state index contributed by atoms with van der Waals surface area (Å²) in [5.74, 6) is 0. The fraction of sp³-hybridized carbons (Fsp3) is 0.500. The van der Waals surface area contributed by atoms with Crippen LogP contribution in [-0.4, -0.2) is 17.5 Å². The van der Waals surface area contributed by atoms with Crippen molar-refractivity contribution in [3.8, 4) is 0 Å². The maximum absolute atomic E-state index is 2.64. The van der Waals surface area contributed by atoms with Crippen LogP contribution in [-0.2, 0) is 0 Å². The fourth-order valence-electron chi connectivity index (χ4n) is 2.71. The Morgan fingerprint density at radius 2 is 2.06 bits per heavy atom. The van der Waals surface area contributed by atoms with Gasteiger partial charge in [-0.25, -0.2) is 0 Å². The standard InChI is InChI=1S/C16H23N/c1-3-9-16-12-7-8-13-17(16)14(2)15-10-5-4-6-11-15/h4-7,10-12,14,16H,3,8-9,13H2,1-2H3/t14-,16-/m0/s1. The van der Waals surface area contributed by atoms with Crippen molar-refractivity contribution in [2.75, 3.05) is 6.54 Å². The highest BCUT2D eigenvalue weighted by Gasteiger charge is 2.23. The predicted molar refractivity (Wildman–Crippen MR) is 74.0 cm³/mol. The van der Waals surface area contributed by atoms with Gasteiger partial charge in [0.15, 0.2) is 0 Å². The Morgan fingerprint density at radius 1 is 1.29 bits per heavy atom. The molecule has 0 saturated carbocycles. The van der Waals surface area contributed by atoms with Crippen LogP contribution in [0.2, 0.25) is 0 Å². The van der Waals surface area contributed by atoms with Crippen LogP contribution in [0, 0.1) is 0 Å². The zero-order valence-electron chi connectivity index (χ0n) is 11.0. The van der Waals surface area contributed by atoms with E-state index in [0.29, 0.717) is 12.1 Å². The Bertz CT molecular complexity index is 355. The van der Waals surface area contributed by atoms with Gasteiger partial charge in [0.25, 0.3) is 0 Å². The first-order valence-electron chi connectivity index (χ1n) is 6.80. The summed E-state index contributed by atoms with van der Waals surface area (Å²) in [6, 6.07) is 12.0. The number of nitrogens with zero attached hydrogens (tertiary/aromatic N) is 1. The van der Waals surface area contributed by atoms with E-state index in [1.807, 2.05) is 0 Å². The summed E-state index contributed by atoms with van der Waals surface area (Å²) in [5.41, 5.74) is 1.43. The molecule has 0 aliphatic carbocycles. The van der Waals surface area contributed by atoms with Gasteiger partial charge in [0, 0.05) is 18.6 Å². The monoisotopic (exact) mass is 229 g/mol. The second-order valence-corrected chi connectivity index (χ2v) is 4.90. The van der Waals surface area contributed by atoms with Gasteiger partial charge in [0.1, 0.15) is 0 Å². The molecule has 1 nitrogen and oxygen atoms in total. The first-order chi connectivity index (χ1) is 8.33. The van der Waals surface area contributed by atoms with E-state index in [2.05, 4.69) is 61.2 Å². The van der Waals surface area contributed by atoms with Gasteiger partial charge in [-0.2, -0.15) is 0 Å². The van der Waals surface area contributed by atoms with Crippen molar-refractivity contribution in [2.24, 2.45) is 0 Å². The van der Waals surface area contributed by atoms with Gasteiger partial charge in [-0.15, -0.1) is 0 Å². The molecule has 1 aliphatic rings. The molecule has 0 amide bonds. The first-order valence-corrected chi connectivity index (χ1v) is 6.80. The summed E-state index contributed by atoms with van der Waals surface area (Å²) < 4.78 is 0. The van der Waals surface area contributed by atoms with Crippen LogP contribution in [0.3, 0.4) is 0 Å². The minimum absolute atomic E-state index is 0.526. The summed E-state index contributed by atoms with van der Waals surface area (Å²) in [7, 11) is 0. The number of rotatable bonds is 4. The van der Waals surface area contributed by atoms with E-state index in [1.165, 1.54) is 31.4 Å². The van der Waals surface area contributed by atoms with Gasteiger partial charge in [0.05, 0.1) is 0 Å². The lowest BCUT2D eigenvalue weighted by Gasteiger charge is -2.37. The molecular formula is C16H23N. The fourth-order valence-corrected chi connectivity index (χ4v) is 2.71. The lowest BCUT2D eigenvalue weighted by atomic mass is 9.99. The Hall–Kier alpha value is -1.08. The quantitative estimate of drug-likeness (QED) is 0.700. The van der Waals surface area contributed by atoms with E-state index in [-0.39, 0.29) is 0 Å². The molecule has 2 rings (SSSR count). The molecule has 2 atom stereocenters. The van der Waals surface area contributed by atoms with Crippen LogP contribution < -0.4 is 0 Å². The van der Waals surface area contributed by atoms with Crippen LogP contribution >= 0.6 is 0 Å². The van der Waals surface area contributed by atoms with E-state index in [0.717, 1.165) is 0 Å². The molecule has 92 valence electrons. The highest BCUT2D eigenvalue weighted by molar-refractivity contribution is 5.19. The van der Waals surface area contributed by atoms with Crippen molar-refractivity contribution in [1.82, 2.24) is 4.90 Å². The highest BCUT2D eigenvalue weighted by Crippen LogP contribution is 2.27. The molecule has 17 heavy (non-hydrogen) atoms. The van der Waals surface area contributed by atoms with Crippen molar-refractivity contribution >= 4 is 0 Å². The lowest BCUT2D eigenvalue weighted by molar-refractivity contribution is 0.158. The molecule has 0 radical (unpaired) electrons. The Balaban J connectivity index is 2.12. The van der Waals surface area contributed by atoms with Crippen LogP contribution in [0.25, 0.3) is 0 Å². The largest absolute Gasteiger partial charge is 0.290 e. The number of benzene rings is 1. The van der Waals surface area contributed by atoms with Crippen LogP contribution in [0.4, 0.5) is 0 Å². The number of hydrogen-bond donors (Lipinski definition) is 0. The molecular weight excluding hydrogens is 206 g/mol. The summed E-state index contributed by atoms with van der Waals surface area (Å²) in [4.78, 5) is 2.64. The van der Waals surface area contributed by atoms with Crippen molar-refractivity contribution in [1.29, 1.82) is 0 Å². The van der Waals surface area contributed by atoms with Crippen molar-refractivity contribution < 1.29 is 0 Å². The minimum atomic E-state index is 0.526. The molecule has 1 aromatic carbocycles. The van der Waals surface area contributed by atoms with E-state index in [9.17, 15) is 0 Å². The average molecular weight is 229 g/mol. The highest BCUT2D eigenvalue weighted by atomic mass is 15.2. The van der Waals surface area contributed by atoms with Gasteiger partial charge < -0.3 is 0 Å². The van der Waals surface area contributed by atoms with Gasteiger partial charge in [-0.1, -0.05) is 55.8 Å². The zero-order valence-corrected chi connectivity index (χ0v) is 11.0. The molecule has 0 N–H and O–H groups in total. The van der Waals surface area contributed by atoms with Gasteiger partial charge in [-0.05, 0) is 25.3 Å². The van der Waals surface area contributed by atoms with Gasteiger partial charge in [0.2, 0.25) is 0 Å². The summed E-state index contributed by atoms with van der Waals surface area (Å²) in [6.07, 6.45) is 8.46. The Labute approximate surface area is 105 Å². The third kappa shape index (κ3) is 2.98. The molecule has 0 saturated heterocycles. The molecule has 1 aromatic rings. The predicted octanol–water partition coefficient (Wildman–Crippen LogP) is 4.18. The van der Waals surface area contributed by atoms with Crippen LogP contribution in [0.5, 0.6) is 0 Å². The molecule has 0 unspecified atom stereocenters. The van der Waals surface area contributed by atoms with E-state index < -0.39 is 0 Å². The summed E-state index contributed by atoms with van der Waals surface area (Å²) in [5, 5.41) is 0. The lowest BCUT2D eigenvalue weighted by Crippen LogP contribution is -2.38. The minimum Gasteiger partial charge on any atom is -0.290 e. The molecule has 1 heteroatoms. The molecule has 0 spiro atoms. The maximum atomic E-state index is 2.64. The van der Waals surface area contributed by atoms with Crippen LogP contribution in [0.1, 0.15) is 44.7 Å². The summed E-state index contributed by atoms with van der Waals surface area (Å²) in [6.45, 7) is 5.79. The smallest absolute Gasteiger partial charge is 0.0325 e. The molecule has 1 aliphatic heterocycles. The first kappa shape index (κ1) is 12.4. The van der Waals surface area contributed by atoms with E-state index in [4.69, 9.17) is 0 Å². The molecule has 0 bridgehead atoms. The second-order valence-electron chi connectivity index (χ2n) is 4.90. The molecule has 1 heterocycles. The second kappa shape index (κ2) is 6.02. The average Bonchev–Trinajstić information content (AvgIpc) is 2.40. The SMILES string of the molecule is CCC[C@H]1C=CCCN1[C@@H](C)c1ccccc1. The Kier molecular flexibility index (Phi) is 4.38. The molecule has 0 aromatic heterocycles.